The van der Waals surface area contributed by atoms with Crippen LogP contribution in [0.2, 0.25) is 0 Å². The number of anilines is 1. The first-order valence-corrected chi connectivity index (χ1v) is 12.3. The highest BCUT2D eigenvalue weighted by atomic mass is 19.1. The third-order valence-corrected chi connectivity index (χ3v) is 6.12. The van der Waals surface area contributed by atoms with Crippen molar-refractivity contribution in [2.75, 3.05) is 19.0 Å². The highest BCUT2D eigenvalue weighted by molar-refractivity contribution is 5.91. The van der Waals surface area contributed by atoms with Gasteiger partial charge in [0.2, 0.25) is 0 Å². The zero-order chi connectivity index (χ0) is 26.5. The second-order valence-corrected chi connectivity index (χ2v) is 9.20. The van der Waals surface area contributed by atoms with Gasteiger partial charge in [0.25, 0.3) is 5.56 Å². The van der Waals surface area contributed by atoms with E-state index in [1.807, 2.05) is 39.0 Å². The predicted octanol–water partition coefficient (Wildman–Crippen LogP) is 6.17. The Morgan fingerprint density at radius 3 is 2.41 bits per heavy atom. The van der Waals surface area contributed by atoms with Crippen LogP contribution in [0.15, 0.2) is 77.6 Å². The minimum absolute atomic E-state index is 0.143. The zero-order valence-electron chi connectivity index (χ0n) is 21.4. The number of urea groups is 1. The molecule has 1 aromatic heterocycles. The molecule has 37 heavy (non-hydrogen) atoms. The number of nitrogens with one attached hydrogen (secondary N) is 1. The zero-order valence-corrected chi connectivity index (χ0v) is 21.4. The summed E-state index contributed by atoms with van der Waals surface area (Å²) in [6.45, 7) is 6.42. The molecule has 0 aliphatic rings. The fraction of sp³-hybridized carbons (Fsp3) is 0.276. The lowest BCUT2D eigenvalue weighted by molar-refractivity contribution is 0.171. The molecule has 1 atom stereocenters. The lowest BCUT2D eigenvalue weighted by atomic mass is 10.1. The van der Waals surface area contributed by atoms with Crippen molar-refractivity contribution in [3.8, 4) is 11.4 Å². The number of rotatable bonds is 8. The molecular formula is C29H31FN4O3. The molecule has 1 unspecified atom stereocenters. The van der Waals surface area contributed by atoms with Gasteiger partial charge in [0.15, 0.2) is 0 Å². The molecule has 4 aromatic rings. The maximum Gasteiger partial charge on any atom is 0.322 e. The number of fused-ring (bicyclic) bond motifs is 1. The van der Waals surface area contributed by atoms with Crippen molar-refractivity contribution >= 4 is 22.6 Å². The molecule has 0 fully saturated rings. The average molecular weight is 503 g/mol. The first kappa shape index (κ1) is 25.9. The summed E-state index contributed by atoms with van der Waals surface area (Å²) in [6.07, 6.45) is 0.498. The standard InChI is InChI=1S/C29H31FN4O3/c1-5-25(33(18-19(2)3)29(36)32-24-12-8-9-13-26(24)37-4)27-31-23-11-7-6-10-22(23)28(35)34(27)21-16-14-20(30)15-17-21/h6-17,19,25H,5,18H2,1-4H3,(H,32,36). The molecule has 0 aliphatic carbocycles. The Morgan fingerprint density at radius 2 is 1.73 bits per heavy atom. The third kappa shape index (κ3) is 5.48. The fourth-order valence-corrected chi connectivity index (χ4v) is 4.44. The van der Waals surface area contributed by atoms with Gasteiger partial charge >= 0.3 is 6.03 Å². The maximum atomic E-state index is 13.8. The molecule has 0 bridgehead atoms. The van der Waals surface area contributed by atoms with E-state index < -0.39 is 11.9 Å². The molecule has 0 spiro atoms. The number of nitrogens with zero attached hydrogens (tertiary/aromatic N) is 3. The highest BCUT2D eigenvalue weighted by Gasteiger charge is 2.30. The van der Waals surface area contributed by atoms with Crippen LogP contribution in [0.3, 0.4) is 0 Å². The molecule has 7 nitrogen and oxygen atoms in total. The summed E-state index contributed by atoms with van der Waals surface area (Å²) in [5.41, 5.74) is 1.28. The van der Waals surface area contributed by atoms with Crippen LogP contribution >= 0.6 is 0 Å². The second-order valence-electron chi connectivity index (χ2n) is 9.20. The Labute approximate surface area is 215 Å². The third-order valence-electron chi connectivity index (χ3n) is 6.12. The summed E-state index contributed by atoms with van der Waals surface area (Å²) >= 11 is 0. The van der Waals surface area contributed by atoms with Gasteiger partial charge in [-0.15, -0.1) is 0 Å². The van der Waals surface area contributed by atoms with E-state index in [-0.39, 0.29) is 17.5 Å². The number of halogens is 1. The van der Waals surface area contributed by atoms with Gasteiger partial charge in [-0.25, -0.2) is 14.2 Å². The van der Waals surface area contributed by atoms with E-state index in [2.05, 4.69) is 5.32 Å². The van der Waals surface area contributed by atoms with E-state index in [9.17, 15) is 14.0 Å². The first-order chi connectivity index (χ1) is 17.8. The summed E-state index contributed by atoms with van der Waals surface area (Å²) in [5.74, 6) is 0.690. The van der Waals surface area contributed by atoms with Crippen LogP contribution in [0.5, 0.6) is 5.75 Å². The van der Waals surface area contributed by atoms with Crippen molar-refractivity contribution in [1.82, 2.24) is 14.5 Å². The van der Waals surface area contributed by atoms with Gasteiger partial charge in [0, 0.05) is 6.54 Å². The molecule has 2 amide bonds. The van der Waals surface area contributed by atoms with E-state index in [1.165, 1.54) is 16.7 Å². The van der Waals surface area contributed by atoms with Gasteiger partial charge in [-0.3, -0.25) is 9.36 Å². The number of aromatic nitrogens is 2. The van der Waals surface area contributed by atoms with E-state index in [1.54, 1.807) is 54.5 Å². The molecule has 192 valence electrons. The summed E-state index contributed by atoms with van der Waals surface area (Å²) < 4.78 is 20.6. The first-order valence-electron chi connectivity index (χ1n) is 12.3. The Morgan fingerprint density at radius 1 is 1.05 bits per heavy atom. The van der Waals surface area contributed by atoms with Crippen LogP contribution < -0.4 is 15.6 Å². The molecule has 0 radical (unpaired) electrons. The van der Waals surface area contributed by atoms with E-state index in [0.717, 1.165) is 0 Å². The fourth-order valence-electron chi connectivity index (χ4n) is 4.44. The van der Waals surface area contributed by atoms with Gasteiger partial charge in [-0.05, 0) is 60.9 Å². The number of benzene rings is 3. The minimum Gasteiger partial charge on any atom is -0.495 e. The number of carbonyl (C=O) groups excluding carboxylic acids is 1. The smallest absolute Gasteiger partial charge is 0.322 e. The van der Waals surface area contributed by atoms with Crippen LogP contribution in [0.1, 0.15) is 39.1 Å². The topological polar surface area (TPSA) is 76.5 Å². The van der Waals surface area contributed by atoms with Gasteiger partial charge in [-0.1, -0.05) is 45.0 Å². The molecule has 3 aromatic carbocycles. The molecule has 1 heterocycles. The van der Waals surface area contributed by atoms with Crippen molar-refractivity contribution in [3.05, 3.63) is 94.8 Å². The largest absolute Gasteiger partial charge is 0.495 e. The Bertz CT molecular complexity index is 1450. The van der Waals surface area contributed by atoms with Crippen molar-refractivity contribution in [2.24, 2.45) is 5.92 Å². The number of ether oxygens (including phenoxy) is 1. The lowest BCUT2D eigenvalue weighted by Crippen LogP contribution is -2.42. The molecular weight excluding hydrogens is 471 g/mol. The number of methoxy groups -OCH3 is 1. The van der Waals surface area contributed by atoms with Gasteiger partial charge < -0.3 is 15.0 Å². The number of amides is 2. The number of carbonyl (C=O) groups is 1. The van der Waals surface area contributed by atoms with Gasteiger partial charge in [0.05, 0.1) is 35.4 Å². The van der Waals surface area contributed by atoms with E-state index in [0.29, 0.717) is 46.8 Å². The molecule has 8 heteroatoms. The SMILES string of the molecule is CCC(c1nc2ccccc2c(=O)n1-c1ccc(F)cc1)N(CC(C)C)C(=O)Nc1ccccc1OC. The Balaban J connectivity index is 1.88. The normalized spacial score (nSPS) is 11.9. The second kappa shape index (κ2) is 11.2. The van der Waals surface area contributed by atoms with Crippen LogP contribution in [0.4, 0.5) is 14.9 Å². The van der Waals surface area contributed by atoms with E-state index >= 15 is 0 Å². The molecule has 4 rings (SSSR count). The molecule has 1 N–H and O–H groups in total. The van der Waals surface area contributed by atoms with Crippen molar-refractivity contribution in [2.45, 2.75) is 33.2 Å². The summed E-state index contributed by atoms with van der Waals surface area (Å²) in [4.78, 5) is 34.0. The quantitative estimate of drug-likeness (QED) is 0.312. The Kier molecular flexibility index (Phi) is 7.86. The molecule has 0 saturated carbocycles. The van der Waals surface area contributed by atoms with Crippen molar-refractivity contribution in [1.29, 1.82) is 0 Å². The Hall–Kier alpha value is -4.20. The van der Waals surface area contributed by atoms with Crippen LogP contribution in [0.25, 0.3) is 16.6 Å². The van der Waals surface area contributed by atoms with Crippen molar-refractivity contribution < 1.29 is 13.9 Å². The minimum atomic E-state index is -0.542. The molecule has 0 aliphatic heterocycles. The summed E-state index contributed by atoms with van der Waals surface area (Å²) in [6, 6.07) is 19.1. The van der Waals surface area contributed by atoms with Crippen LogP contribution in [-0.4, -0.2) is 34.1 Å². The number of hydrogen-bond acceptors (Lipinski definition) is 4. The molecule has 0 saturated heterocycles. The summed E-state index contributed by atoms with van der Waals surface area (Å²) in [7, 11) is 1.55. The number of hydrogen-bond donors (Lipinski definition) is 1. The number of para-hydroxylation sites is 3. The summed E-state index contributed by atoms with van der Waals surface area (Å²) in [5, 5.41) is 3.41. The van der Waals surface area contributed by atoms with Crippen LogP contribution in [-0.2, 0) is 0 Å². The lowest BCUT2D eigenvalue weighted by Gasteiger charge is -2.33. The highest BCUT2D eigenvalue weighted by Crippen LogP contribution is 2.29. The maximum absolute atomic E-state index is 13.8. The monoisotopic (exact) mass is 502 g/mol. The van der Waals surface area contributed by atoms with Crippen molar-refractivity contribution in [3.63, 3.8) is 0 Å². The van der Waals surface area contributed by atoms with Gasteiger partial charge in [0.1, 0.15) is 17.4 Å². The van der Waals surface area contributed by atoms with Crippen LogP contribution in [0, 0.1) is 11.7 Å². The predicted molar refractivity (Wildman–Crippen MR) is 144 cm³/mol. The van der Waals surface area contributed by atoms with E-state index in [4.69, 9.17) is 9.72 Å². The van der Waals surface area contributed by atoms with Gasteiger partial charge in [-0.2, -0.15) is 0 Å². The average Bonchev–Trinajstić information content (AvgIpc) is 2.89.